The quantitative estimate of drug-likeness (QED) is 0.882. The molecule has 7 nitrogen and oxygen atoms in total. The molecule has 0 atom stereocenters. The normalized spacial score (nSPS) is 11.4. The number of carbonyl (C=O) groups excluding carboxylic acids is 1. The SMILES string of the molecule is CCn1ncc(C(=O)Nc2ccc(S(N)(=O)=O)cc2)c1C. The van der Waals surface area contributed by atoms with E-state index in [1.807, 2.05) is 13.8 Å². The lowest BCUT2D eigenvalue weighted by molar-refractivity contribution is 0.102. The highest BCUT2D eigenvalue weighted by Gasteiger charge is 2.14. The van der Waals surface area contributed by atoms with Crippen LogP contribution in [-0.2, 0) is 16.6 Å². The van der Waals surface area contributed by atoms with Crippen LogP contribution in [0, 0.1) is 6.92 Å². The molecule has 2 rings (SSSR count). The van der Waals surface area contributed by atoms with Crippen LogP contribution in [0.4, 0.5) is 5.69 Å². The highest BCUT2D eigenvalue weighted by Crippen LogP contribution is 2.15. The van der Waals surface area contributed by atoms with Crippen molar-refractivity contribution in [2.45, 2.75) is 25.3 Å². The van der Waals surface area contributed by atoms with Crippen LogP contribution in [0.5, 0.6) is 0 Å². The Morgan fingerprint density at radius 1 is 1.33 bits per heavy atom. The first kappa shape index (κ1) is 15.2. The standard InChI is InChI=1S/C13H16N4O3S/c1-3-17-9(2)12(8-15-17)13(18)16-10-4-6-11(7-5-10)21(14,19)20/h4-8H,3H2,1-2H3,(H,16,18)(H2,14,19,20). The maximum Gasteiger partial charge on any atom is 0.259 e. The average molecular weight is 308 g/mol. The summed E-state index contributed by atoms with van der Waals surface area (Å²) in [6.45, 7) is 4.44. The number of nitrogens with zero attached hydrogens (tertiary/aromatic N) is 2. The molecule has 1 aromatic carbocycles. The second-order valence-corrected chi connectivity index (χ2v) is 6.04. The second kappa shape index (κ2) is 5.66. The van der Waals surface area contributed by atoms with Gasteiger partial charge in [0.25, 0.3) is 5.91 Å². The number of sulfonamides is 1. The molecule has 112 valence electrons. The molecule has 1 aromatic heterocycles. The van der Waals surface area contributed by atoms with Gasteiger partial charge in [-0.25, -0.2) is 13.6 Å². The number of aromatic nitrogens is 2. The van der Waals surface area contributed by atoms with E-state index in [0.717, 1.165) is 5.69 Å². The fourth-order valence-corrected chi connectivity index (χ4v) is 2.43. The van der Waals surface area contributed by atoms with Crippen molar-refractivity contribution < 1.29 is 13.2 Å². The van der Waals surface area contributed by atoms with Crippen LogP contribution >= 0.6 is 0 Å². The summed E-state index contributed by atoms with van der Waals surface area (Å²) in [7, 11) is -3.73. The van der Waals surface area contributed by atoms with E-state index < -0.39 is 10.0 Å². The Morgan fingerprint density at radius 3 is 2.43 bits per heavy atom. The van der Waals surface area contributed by atoms with Crippen molar-refractivity contribution >= 4 is 21.6 Å². The van der Waals surface area contributed by atoms with E-state index in [1.54, 1.807) is 4.68 Å². The zero-order valence-corrected chi connectivity index (χ0v) is 12.5. The molecular weight excluding hydrogens is 292 g/mol. The number of benzene rings is 1. The van der Waals surface area contributed by atoms with E-state index in [2.05, 4.69) is 10.4 Å². The Hall–Kier alpha value is -2.19. The molecule has 8 heteroatoms. The number of hydrogen-bond donors (Lipinski definition) is 2. The van der Waals surface area contributed by atoms with Crippen LogP contribution < -0.4 is 10.5 Å². The minimum Gasteiger partial charge on any atom is -0.322 e. The Bertz CT molecular complexity index is 763. The summed E-state index contributed by atoms with van der Waals surface area (Å²) in [6, 6.07) is 5.65. The number of aryl methyl sites for hydroxylation is 1. The monoisotopic (exact) mass is 308 g/mol. The molecule has 0 aliphatic heterocycles. The molecule has 0 bridgehead atoms. The number of amides is 1. The topological polar surface area (TPSA) is 107 Å². The molecule has 0 radical (unpaired) electrons. The van der Waals surface area contributed by atoms with Crippen molar-refractivity contribution in [2.75, 3.05) is 5.32 Å². The van der Waals surface area contributed by atoms with Crippen LogP contribution in [0.3, 0.4) is 0 Å². The van der Waals surface area contributed by atoms with Crippen molar-refractivity contribution in [3.63, 3.8) is 0 Å². The number of hydrogen-bond acceptors (Lipinski definition) is 4. The Labute approximate surface area is 122 Å². The van der Waals surface area contributed by atoms with Crippen molar-refractivity contribution in [3.8, 4) is 0 Å². The molecule has 0 aliphatic rings. The fraction of sp³-hybridized carbons (Fsp3) is 0.231. The van der Waals surface area contributed by atoms with Gasteiger partial charge < -0.3 is 5.32 Å². The molecule has 1 heterocycles. The van der Waals surface area contributed by atoms with Crippen LogP contribution in [-0.4, -0.2) is 24.1 Å². The Morgan fingerprint density at radius 2 is 1.95 bits per heavy atom. The highest BCUT2D eigenvalue weighted by atomic mass is 32.2. The zero-order valence-electron chi connectivity index (χ0n) is 11.7. The first-order valence-corrected chi connectivity index (χ1v) is 7.84. The summed E-state index contributed by atoms with van der Waals surface area (Å²) >= 11 is 0. The van der Waals surface area contributed by atoms with Crippen LogP contribution in [0.2, 0.25) is 0 Å². The summed E-state index contributed by atoms with van der Waals surface area (Å²) in [4.78, 5) is 12.1. The molecule has 1 amide bonds. The van der Waals surface area contributed by atoms with Gasteiger partial charge in [-0.2, -0.15) is 5.10 Å². The molecule has 3 N–H and O–H groups in total. The number of nitrogens with two attached hydrogens (primary N) is 1. The van der Waals surface area contributed by atoms with E-state index in [-0.39, 0.29) is 10.8 Å². The Kier molecular flexibility index (Phi) is 4.10. The van der Waals surface area contributed by atoms with Gasteiger partial charge in [0.2, 0.25) is 10.0 Å². The smallest absolute Gasteiger partial charge is 0.259 e. The zero-order chi connectivity index (χ0) is 15.6. The molecule has 0 spiro atoms. The van der Waals surface area contributed by atoms with E-state index in [0.29, 0.717) is 17.8 Å². The first-order valence-electron chi connectivity index (χ1n) is 6.29. The average Bonchev–Trinajstić information content (AvgIpc) is 2.79. The second-order valence-electron chi connectivity index (χ2n) is 4.48. The largest absolute Gasteiger partial charge is 0.322 e. The minimum atomic E-state index is -3.73. The maximum absolute atomic E-state index is 12.1. The number of anilines is 1. The van der Waals surface area contributed by atoms with E-state index >= 15 is 0 Å². The number of rotatable bonds is 4. The fourth-order valence-electron chi connectivity index (χ4n) is 1.91. The molecule has 0 aliphatic carbocycles. The van der Waals surface area contributed by atoms with E-state index in [9.17, 15) is 13.2 Å². The van der Waals surface area contributed by atoms with Crippen LogP contribution in [0.1, 0.15) is 23.0 Å². The number of nitrogens with one attached hydrogen (secondary N) is 1. The molecule has 0 unspecified atom stereocenters. The summed E-state index contributed by atoms with van der Waals surface area (Å²) < 4.78 is 24.0. The summed E-state index contributed by atoms with van der Waals surface area (Å²) in [5, 5.41) is 11.8. The predicted octanol–water partition coefficient (Wildman–Crippen LogP) is 1.11. The third-order valence-corrected chi connectivity index (χ3v) is 4.02. The van der Waals surface area contributed by atoms with Gasteiger partial charge in [-0.15, -0.1) is 0 Å². The van der Waals surface area contributed by atoms with Gasteiger partial charge in [0.05, 0.1) is 16.7 Å². The van der Waals surface area contributed by atoms with Crippen molar-refractivity contribution in [2.24, 2.45) is 5.14 Å². The highest BCUT2D eigenvalue weighted by molar-refractivity contribution is 7.89. The number of primary sulfonamides is 1. The molecule has 0 fully saturated rings. The van der Waals surface area contributed by atoms with Crippen LogP contribution in [0.15, 0.2) is 35.4 Å². The Balaban J connectivity index is 2.18. The summed E-state index contributed by atoms with van der Waals surface area (Å²) in [5.41, 5.74) is 1.74. The van der Waals surface area contributed by atoms with Crippen molar-refractivity contribution in [1.29, 1.82) is 0 Å². The molecule has 0 saturated carbocycles. The first-order chi connectivity index (χ1) is 9.82. The third kappa shape index (κ3) is 3.29. The van der Waals surface area contributed by atoms with Gasteiger partial charge in [-0.1, -0.05) is 0 Å². The van der Waals surface area contributed by atoms with Gasteiger partial charge in [0.15, 0.2) is 0 Å². The van der Waals surface area contributed by atoms with Gasteiger partial charge in [0, 0.05) is 17.9 Å². The van der Waals surface area contributed by atoms with E-state index in [4.69, 9.17) is 5.14 Å². The van der Waals surface area contributed by atoms with Crippen molar-refractivity contribution in [1.82, 2.24) is 9.78 Å². The molecule has 2 aromatic rings. The summed E-state index contributed by atoms with van der Waals surface area (Å²) in [5.74, 6) is -0.296. The minimum absolute atomic E-state index is 0.00418. The lowest BCUT2D eigenvalue weighted by Crippen LogP contribution is -2.14. The lowest BCUT2D eigenvalue weighted by Gasteiger charge is -2.06. The van der Waals surface area contributed by atoms with Crippen LogP contribution in [0.25, 0.3) is 0 Å². The number of carbonyl (C=O) groups is 1. The van der Waals surface area contributed by atoms with Gasteiger partial charge in [0.1, 0.15) is 0 Å². The van der Waals surface area contributed by atoms with E-state index in [1.165, 1.54) is 30.5 Å². The van der Waals surface area contributed by atoms with Gasteiger partial charge in [-0.3, -0.25) is 9.48 Å². The van der Waals surface area contributed by atoms with Gasteiger partial charge >= 0.3 is 0 Å². The van der Waals surface area contributed by atoms with Gasteiger partial charge in [-0.05, 0) is 38.1 Å². The van der Waals surface area contributed by atoms with Crippen molar-refractivity contribution in [3.05, 3.63) is 41.7 Å². The lowest BCUT2D eigenvalue weighted by atomic mass is 10.2. The molecular formula is C13H16N4O3S. The summed E-state index contributed by atoms with van der Waals surface area (Å²) in [6.07, 6.45) is 1.51. The molecule has 0 saturated heterocycles. The third-order valence-electron chi connectivity index (χ3n) is 3.09. The predicted molar refractivity (Wildman–Crippen MR) is 78.4 cm³/mol. The molecule has 21 heavy (non-hydrogen) atoms. The maximum atomic E-state index is 12.1.